The van der Waals surface area contributed by atoms with Gasteiger partial charge in [-0.3, -0.25) is 4.79 Å². The van der Waals surface area contributed by atoms with Crippen molar-refractivity contribution in [3.63, 3.8) is 0 Å². The molecule has 1 saturated heterocycles. The lowest BCUT2D eigenvalue weighted by Crippen LogP contribution is -2.47. The van der Waals surface area contributed by atoms with Crippen LogP contribution in [0.5, 0.6) is 0 Å². The van der Waals surface area contributed by atoms with E-state index in [0.717, 1.165) is 49.0 Å². The Balaban J connectivity index is 1.35. The highest BCUT2D eigenvalue weighted by Gasteiger charge is 2.26. The fourth-order valence-corrected chi connectivity index (χ4v) is 4.04. The molecule has 0 amide bonds. The van der Waals surface area contributed by atoms with Crippen LogP contribution in [0.4, 0.5) is 11.5 Å². The summed E-state index contributed by atoms with van der Waals surface area (Å²) in [5, 5.41) is 9.04. The summed E-state index contributed by atoms with van der Waals surface area (Å²) in [6.45, 7) is 5.80. The second-order valence-corrected chi connectivity index (χ2v) is 7.98. The van der Waals surface area contributed by atoms with Crippen molar-refractivity contribution in [1.29, 1.82) is 0 Å². The molecule has 2 fully saturated rings. The van der Waals surface area contributed by atoms with E-state index in [2.05, 4.69) is 31.0 Å². The summed E-state index contributed by atoms with van der Waals surface area (Å²) in [6, 6.07) is 3.97. The molecule has 4 heterocycles. The van der Waals surface area contributed by atoms with Gasteiger partial charge in [0.15, 0.2) is 5.65 Å². The second-order valence-electron chi connectivity index (χ2n) is 7.61. The Hall–Kier alpha value is -2.61. The van der Waals surface area contributed by atoms with E-state index in [4.69, 9.17) is 11.6 Å². The van der Waals surface area contributed by atoms with Crippen molar-refractivity contribution in [3.8, 4) is 0 Å². The van der Waals surface area contributed by atoms with Gasteiger partial charge < -0.3 is 9.80 Å². The van der Waals surface area contributed by atoms with Crippen LogP contribution in [0.25, 0.3) is 5.65 Å². The van der Waals surface area contributed by atoms with Crippen LogP contribution in [-0.2, 0) is 6.54 Å². The minimum atomic E-state index is -0.184. The van der Waals surface area contributed by atoms with Crippen molar-refractivity contribution in [2.75, 3.05) is 36.0 Å². The predicted octanol–water partition coefficient (Wildman–Crippen LogP) is 1.98. The zero-order chi connectivity index (χ0) is 19.3. The highest BCUT2D eigenvalue weighted by atomic mass is 35.5. The van der Waals surface area contributed by atoms with Crippen LogP contribution in [0.15, 0.2) is 29.3 Å². The standard InChI is InChI=1S/C19H22ClN7O/c1-13-10-17(27-16(23-13)4-5-21-27)25-8-6-24(7-9-25)15-11-22-26(12-14-2-3-14)19(28)18(15)20/h4-5,10-11,14H,2-3,6-9,12H2,1H3. The summed E-state index contributed by atoms with van der Waals surface area (Å²) in [4.78, 5) is 21.5. The van der Waals surface area contributed by atoms with E-state index >= 15 is 0 Å². The lowest BCUT2D eigenvalue weighted by molar-refractivity contribution is 0.531. The molecule has 28 heavy (non-hydrogen) atoms. The molecule has 8 nitrogen and oxygen atoms in total. The molecule has 0 atom stereocenters. The maximum absolute atomic E-state index is 12.5. The van der Waals surface area contributed by atoms with Gasteiger partial charge in [0.25, 0.3) is 5.56 Å². The van der Waals surface area contributed by atoms with Crippen molar-refractivity contribution in [2.45, 2.75) is 26.3 Å². The molecule has 0 spiro atoms. The largest absolute Gasteiger partial charge is 0.365 e. The second kappa shape index (κ2) is 6.77. The highest BCUT2D eigenvalue weighted by molar-refractivity contribution is 6.33. The van der Waals surface area contributed by atoms with E-state index in [9.17, 15) is 4.79 Å². The molecular formula is C19H22ClN7O. The van der Waals surface area contributed by atoms with Gasteiger partial charge >= 0.3 is 0 Å². The van der Waals surface area contributed by atoms with Gasteiger partial charge in [0, 0.05) is 50.6 Å². The van der Waals surface area contributed by atoms with E-state index in [0.29, 0.717) is 12.5 Å². The molecule has 3 aromatic rings. The van der Waals surface area contributed by atoms with Gasteiger partial charge in [0.1, 0.15) is 10.8 Å². The van der Waals surface area contributed by atoms with Crippen LogP contribution < -0.4 is 15.4 Å². The third-order valence-corrected chi connectivity index (χ3v) is 5.86. The first-order valence-corrected chi connectivity index (χ1v) is 10.0. The summed E-state index contributed by atoms with van der Waals surface area (Å²) in [6.07, 6.45) is 5.86. The van der Waals surface area contributed by atoms with Gasteiger partial charge in [-0.15, -0.1) is 0 Å². The summed E-state index contributed by atoms with van der Waals surface area (Å²) in [5.74, 6) is 1.62. The SMILES string of the molecule is Cc1cc(N2CCN(c3cnn(CC4CC4)c(=O)c3Cl)CC2)n2nccc2n1. The first kappa shape index (κ1) is 17.5. The van der Waals surface area contributed by atoms with Gasteiger partial charge in [0.05, 0.1) is 18.1 Å². The molecule has 0 unspecified atom stereocenters. The molecule has 0 bridgehead atoms. The van der Waals surface area contributed by atoms with Gasteiger partial charge in [-0.1, -0.05) is 11.6 Å². The molecule has 1 saturated carbocycles. The number of aromatic nitrogens is 5. The molecule has 146 valence electrons. The van der Waals surface area contributed by atoms with Crippen LogP contribution in [0.1, 0.15) is 18.5 Å². The number of rotatable bonds is 4. The quantitative estimate of drug-likeness (QED) is 0.668. The summed E-state index contributed by atoms with van der Waals surface area (Å²) in [7, 11) is 0. The van der Waals surface area contributed by atoms with Crippen LogP contribution in [-0.4, -0.2) is 50.6 Å². The molecule has 1 aliphatic heterocycles. The zero-order valence-corrected chi connectivity index (χ0v) is 16.5. The number of halogens is 1. The number of hydrogen-bond acceptors (Lipinski definition) is 6. The first-order valence-electron chi connectivity index (χ1n) is 9.67. The molecule has 5 rings (SSSR count). The maximum atomic E-state index is 12.5. The molecule has 0 radical (unpaired) electrons. The van der Waals surface area contributed by atoms with E-state index in [1.807, 2.05) is 17.5 Å². The third-order valence-electron chi connectivity index (χ3n) is 5.51. The smallest absolute Gasteiger partial charge is 0.287 e. The normalized spacial score (nSPS) is 17.5. The van der Waals surface area contributed by atoms with E-state index < -0.39 is 0 Å². The Labute approximate surface area is 167 Å². The number of hydrogen-bond donors (Lipinski definition) is 0. The van der Waals surface area contributed by atoms with Crippen molar-refractivity contribution < 1.29 is 0 Å². The van der Waals surface area contributed by atoms with Gasteiger partial charge in [0.2, 0.25) is 0 Å². The number of nitrogens with zero attached hydrogens (tertiary/aromatic N) is 7. The van der Waals surface area contributed by atoms with Crippen molar-refractivity contribution in [1.82, 2.24) is 24.4 Å². The molecule has 0 aromatic carbocycles. The van der Waals surface area contributed by atoms with Crippen LogP contribution in [0.2, 0.25) is 5.02 Å². The molecular weight excluding hydrogens is 378 g/mol. The maximum Gasteiger partial charge on any atom is 0.287 e. The lowest BCUT2D eigenvalue weighted by Gasteiger charge is -2.37. The van der Waals surface area contributed by atoms with Crippen LogP contribution in [0, 0.1) is 12.8 Å². The minimum Gasteiger partial charge on any atom is -0.365 e. The Morgan fingerprint density at radius 1 is 1.14 bits per heavy atom. The van der Waals surface area contributed by atoms with E-state index in [1.165, 1.54) is 17.5 Å². The first-order chi connectivity index (χ1) is 13.6. The van der Waals surface area contributed by atoms with Crippen molar-refractivity contribution in [2.24, 2.45) is 5.92 Å². The van der Waals surface area contributed by atoms with Crippen molar-refractivity contribution in [3.05, 3.63) is 45.6 Å². The Kier molecular flexibility index (Phi) is 4.23. The summed E-state index contributed by atoms with van der Waals surface area (Å²) in [5.41, 5.74) is 2.37. The Morgan fingerprint density at radius 3 is 2.64 bits per heavy atom. The van der Waals surface area contributed by atoms with E-state index in [1.54, 1.807) is 12.4 Å². The monoisotopic (exact) mass is 399 g/mol. The highest BCUT2D eigenvalue weighted by Crippen LogP contribution is 2.30. The lowest BCUT2D eigenvalue weighted by atomic mass is 10.2. The molecule has 2 aliphatic rings. The summed E-state index contributed by atoms with van der Waals surface area (Å²) < 4.78 is 3.38. The van der Waals surface area contributed by atoms with E-state index in [-0.39, 0.29) is 10.6 Å². The third kappa shape index (κ3) is 3.11. The molecule has 0 N–H and O–H groups in total. The average Bonchev–Trinajstić information content (AvgIpc) is 3.39. The molecule has 1 aliphatic carbocycles. The Morgan fingerprint density at radius 2 is 1.89 bits per heavy atom. The Bertz CT molecular complexity index is 1080. The average molecular weight is 400 g/mol. The number of anilines is 2. The van der Waals surface area contributed by atoms with Crippen LogP contribution in [0.3, 0.4) is 0 Å². The van der Waals surface area contributed by atoms with Crippen molar-refractivity contribution >= 4 is 28.8 Å². The van der Waals surface area contributed by atoms with Crippen LogP contribution >= 0.6 is 11.6 Å². The topological polar surface area (TPSA) is 71.6 Å². The summed E-state index contributed by atoms with van der Waals surface area (Å²) >= 11 is 6.42. The van der Waals surface area contributed by atoms with Gasteiger partial charge in [-0.25, -0.2) is 9.67 Å². The number of piperazine rings is 1. The fourth-order valence-electron chi connectivity index (χ4n) is 3.77. The van der Waals surface area contributed by atoms with Gasteiger partial charge in [-0.05, 0) is 25.7 Å². The molecule has 9 heteroatoms. The number of aryl methyl sites for hydroxylation is 1. The fraction of sp³-hybridized carbons (Fsp3) is 0.474. The zero-order valence-electron chi connectivity index (χ0n) is 15.8. The minimum absolute atomic E-state index is 0.184. The predicted molar refractivity (Wildman–Crippen MR) is 108 cm³/mol. The number of fused-ring (bicyclic) bond motifs is 1. The molecule has 3 aromatic heterocycles. The van der Waals surface area contributed by atoms with Gasteiger partial charge in [-0.2, -0.15) is 14.7 Å².